The first-order valence-corrected chi connectivity index (χ1v) is 17.3. The van der Waals surface area contributed by atoms with Crippen molar-refractivity contribution in [1.82, 2.24) is 0 Å². The number of benzene rings is 9. The molecule has 0 aromatic heterocycles. The van der Waals surface area contributed by atoms with Gasteiger partial charge in [-0.3, -0.25) is 0 Å². The molecule has 0 nitrogen and oxygen atoms in total. The van der Waals surface area contributed by atoms with E-state index < -0.39 is 0 Å². The average Bonchev–Trinajstić information content (AvgIpc) is 3.38. The molecule has 0 atom stereocenters. The van der Waals surface area contributed by atoms with E-state index in [-0.39, 0.29) is 5.41 Å². The molecule has 0 amide bonds. The van der Waals surface area contributed by atoms with Gasteiger partial charge in [-0.2, -0.15) is 0 Å². The van der Waals surface area contributed by atoms with Crippen molar-refractivity contribution in [3.8, 4) is 44.5 Å². The fourth-order valence-electron chi connectivity index (χ4n) is 8.55. The lowest BCUT2D eigenvalue weighted by atomic mass is 9.80. The Morgan fingerprint density at radius 1 is 0.286 bits per heavy atom. The topological polar surface area (TPSA) is 0 Å². The highest BCUT2D eigenvalue weighted by Gasteiger charge is 2.36. The highest BCUT2D eigenvalue weighted by molar-refractivity contribution is 6.14. The Balaban J connectivity index is 1.07. The van der Waals surface area contributed by atoms with Crippen LogP contribution in [0.25, 0.3) is 87.6 Å². The Bertz CT molecular complexity index is 2790. The molecule has 0 fully saturated rings. The smallest absolute Gasteiger partial charge is 0.0159 e. The zero-order valence-corrected chi connectivity index (χ0v) is 27.7. The summed E-state index contributed by atoms with van der Waals surface area (Å²) >= 11 is 0. The standard InChI is InChI=1S/C49H34/c1-49(2)47-29-35(38-19-9-13-31-11-3-5-15-37(31)38)22-25-44(47)45-26-23-36(30-48(45)49)39-20-10-14-32-27-34(21-24-41(32)39)46-28-33-12-4-6-16-40(33)42-17-7-8-18-43(42)46/h3-30H,1-2H3. The van der Waals surface area contributed by atoms with Gasteiger partial charge in [0, 0.05) is 5.41 Å². The van der Waals surface area contributed by atoms with Crippen LogP contribution in [-0.4, -0.2) is 0 Å². The van der Waals surface area contributed by atoms with E-state index in [1.54, 1.807) is 0 Å². The van der Waals surface area contributed by atoms with E-state index in [2.05, 4.69) is 184 Å². The Kier molecular flexibility index (Phi) is 6.02. The molecule has 0 N–H and O–H groups in total. The molecular formula is C49H34. The van der Waals surface area contributed by atoms with Crippen LogP contribution in [0.1, 0.15) is 25.0 Å². The lowest BCUT2D eigenvalue weighted by Crippen LogP contribution is -2.15. The molecule has 0 radical (unpaired) electrons. The minimum absolute atomic E-state index is 0.115. The molecule has 0 heterocycles. The fourth-order valence-corrected chi connectivity index (χ4v) is 8.55. The van der Waals surface area contributed by atoms with Gasteiger partial charge in [0.25, 0.3) is 0 Å². The molecule has 0 unspecified atom stereocenters. The van der Waals surface area contributed by atoms with Crippen LogP contribution in [0.5, 0.6) is 0 Å². The van der Waals surface area contributed by atoms with Crippen LogP contribution in [0, 0.1) is 0 Å². The van der Waals surface area contributed by atoms with Crippen LogP contribution >= 0.6 is 0 Å². The van der Waals surface area contributed by atoms with Gasteiger partial charge >= 0.3 is 0 Å². The van der Waals surface area contributed by atoms with Crippen LogP contribution in [-0.2, 0) is 5.41 Å². The summed E-state index contributed by atoms with van der Waals surface area (Å²) in [7, 11) is 0. The third kappa shape index (κ3) is 4.24. The van der Waals surface area contributed by atoms with Gasteiger partial charge in [0.1, 0.15) is 0 Å². The quantitative estimate of drug-likeness (QED) is 0.172. The summed E-state index contributed by atoms with van der Waals surface area (Å²) in [5, 5.41) is 10.3. The Labute approximate surface area is 286 Å². The van der Waals surface area contributed by atoms with E-state index in [9.17, 15) is 0 Å². The maximum absolute atomic E-state index is 2.45. The van der Waals surface area contributed by atoms with Crippen LogP contribution in [0.2, 0.25) is 0 Å². The molecule has 0 bridgehead atoms. The second kappa shape index (κ2) is 10.5. The lowest BCUT2D eigenvalue weighted by molar-refractivity contribution is 0.661. The summed E-state index contributed by atoms with van der Waals surface area (Å²) in [6, 6.07) is 63.2. The zero-order valence-electron chi connectivity index (χ0n) is 27.7. The number of rotatable bonds is 3. The second-order valence-corrected chi connectivity index (χ2v) is 14.1. The number of fused-ring (bicyclic) bond motifs is 8. The van der Waals surface area contributed by atoms with E-state index in [0.29, 0.717) is 0 Å². The Hall–Kier alpha value is -5.98. The van der Waals surface area contributed by atoms with Crippen LogP contribution in [0.4, 0.5) is 0 Å². The van der Waals surface area contributed by atoms with Crippen LogP contribution < -0.4 is 0 Å². The lowest BCUT2D eigenvalue weighted by Gasteiger charge is -2.23. The minimum Gasteiger partial charge on any atom is -0.0616 e. The summed E-state index contributed by atoms with van der Waals surface area (Å²) in [6.45, 7) is 4.77. The van der Waals surface area contributed by atoms with Crippen molar-refractivity contribution in [2.45, 2.75) is 19.3 Å². The molecule has 10 rings (SSSR count). The highest BCUT2D eigenvalue weighted by atomic mass is 14.4. The third-order valence-electron chi connectivity index (χ3n) is 11.0. The van der Waals surface area contributed by atoms with Gasteiger partial charge in [0.05, 0.1) is 0 Å². The van der Waals surface area contributed by atoms with E-state index in [4.69, 9.17) is 0 Å². The maximum atomic E-state index is 2.45. The summed E-state index contributed by atoms with van der Waals surface area (Å²) in [4.78, 5) is 0. The van der Waals surface area contributed by atoms with Crippen molar-refractivity contribution in [2.75, 3.05) is 0 Å². The van der Waals surface area contributed by atoms with E-state index in [1.165, 1.54) is 98.7 Å². The van der Waals surface area contributed by atoms with E-state index >= 15 is 0 Å². The predicted molar refractivity (Wildman–Crippen MR) is 210 cm³/mol. The molecule has 9 aromatic rings. The molecule has 9 aromatic carbocycles. The molecule has 230 valence electrons. The van der Waals surface area contributed by atoms with Crippen LogP contribution in [0.3, 0.4) is 0 Å². The average molecular weight is 623 g/mol. The summed E-state index contributed by atoms with van der Waals surface area (Å²) in [6.07, 6.45) is 0. The molecule has 0 saturated heterocycles. The first-order chi connectivity index (χ1) is 24.0. The summed E-state index contributed by atoms with van der Waals surface area (Å²) in [5.74, 6) is 0. The van der Waals surface area contributed by atoms with Crippen LogP contribution in [0.15, 0.2) is 170 Å². The third-order valence-corrected chi connectivity index (χ3v) is 11.0. The Morgan fingerprint density at radius 3 is 1.45 bits per heavy atom. The summed E-state index contributed by atoms with van der Waals surface area (Å²) in [5.41, 5.74) is 13.0. The largest absolute Gasteiger partial charge is 0.0616 e. The van der Waals surface area contributed by atoms with Crippen molar-refractivity contribution < 1.29 is 0 Å². The maximum Gasteiger partial charge on any atom is 0.0159 e. The molecule has 0 aliphatic heterocycles. The first kappa shape index (κ1) is 28.1. The zero-order chi connectivity index (χ0) is 32.7. The van der Waals surface area contributed by atoms with Crippen molar-refractivity contribution in [3.05, 3.63) is 181 Å². The molecule has 0 heteroatoms. The van der Waals surface area contributed by atoms with Gasteiger partial charge in [-0.1, -0.05) is 159 Å². The molecule has 1 aliphatic carbocycles. The molecule has 0 spiro atoms. The Morgan fingerprint density at radius 2 is 0.755 bits per heavy atom. The fraction of sp³-hybridized carbons (Fsp3) is 0.0612. The van der Waals surface area contributed by atoms with Gasteiger partial charge in [-0.25, -0.2) is 0 Å². The monoisotopic (exact) mass is 622 g/mol. The van der Waals surface area contributed by atoms with Crippen molar-refractivity contribution in [2.24, 2.45) is 0 Å². The molecule has 49 heavy (non-hydrogen) atoms. The van der Waals surface area contributed by atoms with Gasteiger partial charge in [0.2, 0.25) is 0 Å². The predicted octanol–water partition coefficient (Wildman–Crippen LogP) is 13.6. The highest BCUT2D eigenvalue weighted by Crippen LogP contribution is 2.51. The molecule has 0 saturated carbocycles. The molecule has 1 aliphatic rings. The minimum atomic E-state index is -0.115. The van der Waals surface area contributed by atoms with Crippen molar-refractivity contribution in [3.63, 3.8) is 0 Å². The first-order valence-electron chi connectivity index (χ1n) is 17.3. The second-order valence-electron chi connectivity index (χ2n) is 14.1. The van der Waals surface area contributed by atoms with Gasteiger partial charge < -0.3 is 0 Å². The SMILES string of the molecule is CC1(C)c2cc(-c3cccc4ccccc34)ccc2-c2ccc(-c3cccc4cc(-c5cc6ccccc6c6ccccc56)ccc34)cc21. The van der Waals surface area contributed by atoms with Gasteiger partial charge in [0.15, 0.2) is 0 Å². The van der Waals surface area contributed by atoms with E-state index in [0.717, 1.165) is 0 Å². The number of hydrogen-bond acceptors (Lipinski definition) is 0. The normalized spacial score (nSPS) is 13.3. The van der Waals surface area contributed by atoms with Crippen molar-refractivity contribution in [1.29, 1.82) is 0 Å². The number of hydrogen-bond donors (Lipinski definition) is 0. The summed E-state index contributed by atoms with van der Waals surface area (Å²) < 4.78 is 0. The van der Waals surface area contributed by atoms with E-state index in [1.807, 2.05) is 0 Å². The van der Waals surface area contributed by atoms with Gasteiger partial charge in [-0.05, 0) is 123 Å². The van der Waals surface area contributed by atoms with Crippen molar-refractivity contribution >= 4 is 43.1 Å². The van der Waals surface area contributed by atoms with Gasteiger partial charge in [-0.15, -0.1) is 0 Å². The molecular weight excluding hydrogens is 589 g/mol.